The van der Waals surface area contributed by atoms with Crippen molar-refractivity contribution < 1.29 is 0 Å². The molecular weight excluding hydrogens is 334 g/mol. The van der Waals surface area contributed by atoms with E-state index < -0.39 is 0 Å². The third kappa shape index (κ3) is 3.20. The van der Waals surface area contributed by atoms with Crippen LogP contribution in [0.5, 0.6) is 0 Å². The van der Waals surface area contributed by atoms with Crippen molar-refractivity contribution in [2.24, 2.45) is 0 Å². The molecule has 1 aliphatic heterocycles. The fraction of sp³-hybridized carbons (Fsp3) is 0.500. The molecule has 27 heavy (non-hydrogen) atoms. The Bertz CT molecular complexity index is 960. The Balaban J connectivity index is 1.53. The van der Waals surface area contributed by atoms with Gasteiger partial charge in [-0.3, -0.25) is 4.40 Å². The first-order chi connectivity index (χ1) is 13.2. The standard InChI is InChI=1S/C22H27N5/c1-15-14-16(2)24-20(23-15)10-9-19-22(26-11-3-4-12-26)27-13-5-6-18(17-7-8-17)21(27)25-19/h5-6,13-14,17H,3-4,7-12H2,1-2H3. The van der Waals surface area contributed by atoms with Crippen LogP contribution in [0.15, 0.2) is 24.4 Å². The number of imidazole rings is 1. The minimum Gasteiger partial charge on any atom is -0.356 e. The van der Waals surface area contributed by atoms with Crippen molar-refractivity contribution in [2.45, 2.75) is 58.3 Å². The highest BCUT2D eigenvalue weighted by atomic mass is 15.3. The van der Waals surface area contributed by atoms with Crippen molar-refractivity contribution in [1.29, 1.82) is 0 Å². The van der Waals surface area contributed by atoms with Crippen LogP contribution >= 0.6 is 0 Å². The van der Waals surface area contributed by atoms with Crippen molar-refractivity contribution >= 4 is 11.5 Å². The largest absolute Gasteiger partial charge is 0.356 e. The van der Waals surface area contributed by atoms with Crippen molar-refractivity contribution in [3.05, 3.63) is 52.9 Å². The van der Waals surface area contributed by atoms with Gasteiger partial charge in [0.15, 0.2) is 0 Å². The first kappa shape index (κ1) is 16.7. The van der Waals surface area contributed by atoms with Gasteiger partial charge in [-0.25, -0.2) is 15.0 Å². The van der Waals surface area contributed by atoms with E-state index >= 15 is 0 Å². The lowest BCUT2D eigenvalue weighted by molar-refractivity contribution is 0.812. The van der Waals surface area contributed by atoms with Crippen molar-refractivity contribution in [1.82, 2.24) is 19.4 Å². The lowest BCUT2D eigenvalue weighted by Crippen LogP contribution is -2.21. The molecule has 2 fully saturated rings. The van der Waals surface area contributed by atoms with Crippen LogP contribution in [0.2, 0.25) is 0 Å². The smallest absolute Gasteiger partial charge is 0.142 e. The molecule has 2 aliphatic rings. The predicted molar refractivity (Wildman–Crippen MR) is 108 cm³/mol. The van der Waals surface area contributed by atoms with E-state index in [1.165, 1.54) is 48.4 Å². The van der Waals surface area contributed by atoms with Gasteiger partial charge in [-0.15, -0.1) is 0 Å². The Labute approximate surface area is 160 Å². The molecule has 0 aromatic carbocycles. The quantitative estimate of drug-likeness (QED) is 0.689. The number of aryl methyl sites for hydroxylation is 4. The second kappa shape index (κ2) is 6.63. The van der Waals surface area contributed by atoms with Crippen LogP contribution in [0.3, 0.4) is 0 Å². The number of nitrogens with zero attached hydrogens (tertiary/aromatic N) is 5. The van der Waals surface area contributed by atoms with Crippen LogP contribution < -0.4 is 4.90 Å². The second-order valence-electron chi connectivity index (χ2n) is 8.07. The molecule has 1 saturated heterocycles. The molecule has 5 nitrogen and oxygen atoms in total. The van der Waals surface area contributed by atoms with Gasteiger partial charge in [0.1, 0.15) is 17.3 Å². The fourth-order valence-corrected chi connectivity index (χ4v) is 4.41. The number of anilines is 1. The lowest BCUT2D eigenvalue weighted by atomic mass is 10.2. The van der Waals surface area contributed by atoms with Crippen molar-refractivity contribution in [2.75, 3.05) is 18.0 Å². The average Bonchev–Trinajstić information content (AvgIpc) is 3.21. The van der Waals surface area contributed by atoms with Gasteiger partial charge in [-0.05, 0) is 63.1 Å². The van der Waals surface area contributed by atoms with E-state index in [2.05, 4.69) is 37.6 Å². The Morgan fingerprint density at radius 2 is 1.74 bits per heavy atom. The minimum atomic E-state index is 0.707. The molecule has 0 bridgehead atoms. The highest BCUT2D eigenvalue weighted by Gasteiger charge is 2.29. The zero-order valence-electron chi connectivity index (χ0n) is 16.3. The monoisotopic (exact) mass is 361 g/mol. The number of hydrogen-bond acceptors (Lipinski definition) is 4. The zero-order valence-corrected chi connectivity index (χ0v) is 16.3. The molecule has 3 aromatic rings. The summed E-state index contributed by atoms with van der Waals surface area (Å²) in [5, 5.41) is 0. The van der Waals surface area contributed by atoms with Gasteiger partial charge < -0.3 is 4.90 Å². The number of fused-ring (bicyclic) bond motifs is 1. The van der Waals surface area contributed by atoms with Crippen LogP contribution in [0.4, 0.5) is 5.82 Å². The second-order valence-corrected chi connectivity index (χ2v) is 8.07. The SMILES string of the molecule is Cc1cc(C)nc(CCc2nc3c(C4CC4)cccn3c2N2CCCC2)n1. The zero-order chi connectivity index (χ0) is 18.4. The summed E-state index contributed by atoms with van der Waals surface area (Å²) in [5.74, 6) is 2.94. The Morgan fingerprint density at radius 1 is 1.00 bits per heavy atom. The third-order valence-corrected chi connectivity index (χ3v) is 5.76. The van der Waals surface area contributed by atoms with Crippen molar-refractivity contribution in [3.8, 4) is 0 Å². The first-order valence-corrected chi connectivity index (χ1v) is 10.2. The van der Waals surface area contributed by atoms with Crippen LogP contribution in [0.1, 0.15) is 60.1 Å². The summed E-state index contributed by atoms with van der Waals surface area (Å²) in [6, 6.07) is 6.50. The van der Waals surface area contributed by atoms with E-state index in [0.717, 1.165) is 43.1 Å². The fourth-order valence-electron chi connectivity index (χ4n) is 4.41. The molecule has 3 aromatic heterocycles. The molecule has 4 heterocycles. The summed E-state index contributed by atoms with van der Waals surface area (Å²) in [6.45, 7) is 6.35. The van der Waals surface area contributed by atoms with Crippen LogP contribution in [0, 0.1) is 13.8 Å². The maximum absolute atomic E-state index is 5.14. The number of rotatable bonds is 5. The Morgan fingerprint density at radius 3 is 2.44 bits per heavy atom. The summed E-state index contributed by atoms with van der Waals surface area (Å²) in [7, 11) is 0. The molecule has 1 saturated carbocycles. The van der Waals surface area contributed by atoms with Crippen LogP contribution in [-0.2, 0) is 12.8 Å². The summed E-state index contributed by atoms with van der Waals surface area (Å²) in [5.41, 5.74) is 5.88. The summed E-state index contributed by atoms with van der Waals surface area (Å²) in [6.07, 6.45) is 9.07. The minimum absolute atomic E-state index is 0.707. The molecule has 5 heteroatoms. The molecule has 1 aliphatic carbocycles. The predicted octanol–water partition coefficient (Wildman–Crippen LogP) is 4.00. The highest BCUT2D eigenvalue weighted by Crippen LogP contribution is 2.42. The topological polar surface area (TPSA) is 46.3 Å². The van der Waals surface area contributed by atoms with E-state index in [4.69, 9.17) is 4.98 Å². The van der Waals surface area contributed by atoms with Gasteiger partial charge in [0.05, 0.1) is 5.69 Å². The number of pyridine rings is 1. The van der Waals surface area contributed by atoms with Gasteiger partial charge in [-0.2, -0.15) is 0 Å². The summed E-state index contributed by atoms with van der Waals surface area (Å²) >= 11 is 0. The molecule has 0 spiro atoms. The van der Waals surface area contributed by atoms with Crippen molar-refractivity contribution in [3.63, 3.8) is 0 Å². The maximum Gasteiger partial charge on any atom is 0.142 e. The average molecular weight is 361 g/mol. The Hall–Kier alpha value is -2.43. The van der Waals surface area contributed by atoms with Gasteiger partial charge >= 0.3 is 0 Å². The van der Waals surface area contributed by atoms with Gasteiger partial charge in [0, 0.05) is 43.5 Å². The van der Waals surface area contributed by atoms with Crippen LogP contribution in [0.25, 0.3) is 5.65 Å². The molecule has 5 rings (SSSR count). The molecule has 0 radical (unpaired) electrons. The molecule has 0 unspecified atom stereocenters. The summed E-state index contributed by atoms with van der Waals surface area (Å²) < 4.78 is 2.34. The number of hydrogen-bond donors (Lipinski definition) is 0. The molecule has 140 valence electrons. The van der Waals surface area contributed by atoms with Gasteiger partial charge in [-0.1, -0.05) is 6.07 Å². The number of aromatic nitrogens is 4. The van der Waals surface area contributed by atoms with Gasteiger partial charge in [0.2, 0.25) is 0 Å². The van der Waals surface area contributed by atoms with E-state index in [0.29, 0.717) is 5.92 Å². The van der Waals surface area contributed by atoms with Crippen LogP contribution in [-0.4, -0.2) is 32.4 Å². The third-order valence-electron chi connectivity index (χ3n) is 5.76. The molecule has 0 atom stereocenters. The lowest BCUT2D eigenvalue weighted by Gasteiger charge is -2.19. The molecule has 0 N–H and O–H groups in total. The van der Waals surface area contributed by atoms with E-state index in [9.17, 15) is 0 Å². The highest BCUT2D eigenvalue weighted by molar-refractivity contribution is 5.62. The van der Waals surface area contributed by atoms with E-state index in [1.54, 1.807) is 0 Å². The van der Waals surface area contributed by atoms with E-state index in [-0.39, 0.29) is 0 Å². The Kier molecular flexibility index (Phi) is 4.10. The van der Waals surface area contributed by atoms with Gasteiger partial charge in [0.25, 0.3) is 0 Å². The van der Waals surface area contributed by atoms with E-state index in [1.807, 2.05) is 19.9 Å². The summed E-state index contributed by atoms with van der Waals surface area (Å²) in [4.78, 5) is 16.9. The normalized spacial score (nSPS) is 17.2. The molecular formula is C22H27N5. The first-order valence-electron chi connectivity index (χ1n) is 10.2. The molecule has 0 amide bonds. The maximum atomic E-state index is 5.14.